The average Bonchev–Trinajstić information content (AvgIpc) is 3.87. The summed E-state index contributed by atoms with van der Waals surface area (Å²) in [7, 11) is 3.09. The second-order valence-corrected chi connectivity index (χ2v) is 12.9. The molecule has 1 fully saturated rings. The van der Waals surface area contributed by atoms with Crippen molar-refractivity contribution in [1.82, 2.24) is 14.0 Å². The molecule has 2 aliphatic heterocycles. The summed E-state index contributed by atoms with van der Waals surface area (Å²) in [5, 5.41) is 0.927. The van der Waals surface area contributed by atoms with Crippen LogP contribution in [0.2, 0.25) is 0 Å². The number of para-hydroxylation sites is 1. The molecule has 49 heavy (non-hydrogen) atoms. The lowest BCUT2D eigenvalue weighted by atomic mass is 9.93. The molecule has 0 aliphatic carbocycles. The molecule has 1 amide bonds. The van der Waals surface area contributed by atoms with Crippen molar-refractivity contribution in [3.63, 3.8) is 0 Å². The molecule has 1 saturated heterocycles. The Kier molecular flexibility index (Phi) is 8.92. The first-order valence-electron chi connectivity index (χ1n) is 16.3. The Hall–Kier alpha value is -5.42. The van der Waals surface area contributed by atoms with Gasteiger partial charge in [0, 0.05) is 41.3 Å². The average molecular weight is 677 g/mol. The Morgan fingerprint density at radius 2 is 1.69 bits per heavy atom. The van der Waals surface area contributed by atoms with Crippen LogP contribution in [0.4, 0.5) is 0 Å². The van der Waals surface area contributed by atoms with E-state index in [1.807, 2.05) is 82.4 Å². The third-order valence-electron chi connectivity index (χ3n) is 8.97. The van der Waals surface area contributed by atoms with Crippen molar-refractivity contribution in [1.29, 1.82) is 0 Å². The molecule has 10 nitrogen and oxygen atoms in total. The van der Waals surface area contributed by atoms with E-state index in [4.69, 9.17) is 19.2 Å². The number of fused-ring (bicyclic) bond motifs is 2. The summed E-state index contributed by atoms with van der Waals surface area (Å²) in [5.41, 5.74) is 3.45. The molecule has 3 aromatic carbocycles. The number of aromatic nitrogens is 2. The molecule has 11 heteroatoms. The van der Waals surface area contributed by atoms with Gasteiger partial charge in [-0.2, -0.15) is 0 Å². The number of benzene rings is 3. The number of ether oxygens (including phenoxy) is 3. The SMILES string of the molecule is CCOC(=O)C1=C(c2ccccc2)N=c2s/c(=C/c3cn(CC(=O)N4CCCC4)c4ccccc34)c(=O)n2[C@H]1c1ccc(OC)c(OC)c1. The lowest BCUT2D eigenvalue weighted by Crippen LogP contribution is -2.40. The lowest BCUT2D eigenvalue weighted by molar-refractivity contribution is -0.139. The van der Waals surface area contributed by atoms with Gasteiger partial charge in [-0.3, -0.25) is 14.2 Å². The molecule has 4 heterocycles. The number of nitrogens with zero attached hydrogens (tertiary/aromatic N) is 4. The summed E-state index contributed by atoms with van der Waals surface area (Å²) >= 11 is 1.25. The molecule has 7 rings (SSSR count). The summed E-state index contributed by atoms with van der Waals surface area (Å²) in [6.07, 6.45) is 5.84. The second kappa shape index (κ2) is 13.6. The van der Waals surface area contributed by atoms with E-state index in [1.54, 1.807) is 37.8 Å². The Bertz CT molecular complexity index is 2280. The standard InChI is InChI=1S/C38H36N4O6S/c1-4-48-37(45)33-34(24-12-6-5-7-13-24)39-38-42(35(33)25-16-17-29(46-2)30(20-25)47-3)36(44)31(49-38)21-26-22-41(28-15-9-8-14-27(26)28)23-32(43)40-18-10-11-19-40/h5-9,12-17,20-22,35H,4,10-11,18-19,23H2,1-3H3/b31-21+/t35-/m0/s1. The predicted molar refractivity (Wildman–Crippen MR) is 188 cm³/mol. The molecule has 5 aromatic rings. The number of thiazole rings is 1. The zero-order valence-corrected chi connectivity index (χ0v) is 28.4. The predicted octanol–water partition coefficient (Wildman–Crippen LogP) is 4.53. The minimum Gasteiger partial charge on any atom is -0.493 e. The van der Waals surface area contributed by atoms with Gasteiger partial charge in [0.1, 0.15) is 6.54 Å². The molecular weight excluding hydrogens is 641 g/mol. The summed E-state index contributed by atoms with van der Waals surface area (Å²) in [5.74, 6) is 0.493. The lowest BCUT2D eigenvalue weighted by Gasteiger charge is -2.26. The van der Waals surface area contributed by atoms with E-state index < -0.39 is 12.0 Å². The fourth-order valence-corrected chi connectivity index (χ4v) is 7.65. The maximum absolute atomic E-state index is 14.5. The monoisotopic (exact) mass is 676 g/mol. The van der Waals surface area contributed by atoms with Crippen LogP contribution in [0.25, 0.3) is 22.7 Å². The first kappa shape index (κ1) is 32.1. The molecular formula is C38H36N4O6S. The van der Waals surface area contributed by atoms with Gasteiger partial charge in [-0.1, -0.05) is 65.9 Å². The Balaban J connectivity index is 1.44. The van der Waals surface area contributed by atoms with Gasteiger partial charge in [-0.15, -0.1) is 0 Å². The van der Waals surface area contributed by atoms with Crippen LogP contribution in [0.15, 0.2) is 94.4 Å². The van der Waals surface area contributed by atoms with Gasteiger partial charge in [0.25, 0.3) is 5.56 Å². The van der Waals surface area contributed by atoms with Crippen molar-refractivity contribution in [2.45, 2.75) is 32.4 Å². The van der Waals surface area contributed by atoms with Crippen molar-refractivity contribution in [2.24, 2.45) is 4.99 Å². The topological polar surface area (TPSA) is 104 Å². The third kappa shape index (κ3) is 5.95. The molecule has 0 spiro atoms. The molecule has 250 valence electrons. The quantitative estimate of drug-likeness (QED) is 0.213. The normalized spacial score (nSPS) is 16.1. The van der Waals surface area contributed by atoms with Crippen LogP contribution in [0.5, 0.6) is 11.5 Å². The highest BCUT2D eigenvalue weighted by Crippen LogP contribution is 2.38. The highest BCUT2D eigenvalue weighted by molar-refractivity contribution is 7.07. The van der Waals surface area contributed by atoms with E-state index in [-0.39, 0.29) is 30.2 Å². The highest BCUT2D eigenvalue weighted by atomic mass is 32.1. The first-order valence-corrected chi connectivity index (χ1v) is 17.1. The van der Waals surface area contributed by atoms with Crippen molar-refractivity contribution < 1.29 is 23.8 Å². The number of rotatable bonds is 9. The first-order chi connectivity index (χ1) is 23.9. The number of methoxy groups -OCH3 is 2. The summed E-state index contributed by atoms with van der Waals surface area (Å²) < 4.78 is 20.7. The van der Waals surface area contributed by atoms with Crippen molar-refractivity contribution in [3.8, 4) is 11.5 Å². The Morgan fingerprint density at radius 3 is 2.43 bits per heavy atom. The van der Waals surface area contributed by atoms with Crippen LogP contribution in [-0.2, 0) is 20.9 Å². The van der Waals surface area contributed by atoms with Gasteiger partial charge in [0.2, 0.25) is 5.91 Å². The maximum Gasteiger partial charge on any atom is 0.338 e. The van der Waals surface area contributed by atoms with Crippen LogP contribution < -0.4 is 24.4 Å². The number of carbonyl (C=O) groups is 2. The van der Waals surface area contributed by atoms with E-state index in [0.717, 1.165) is 48.0 Å². The van der Waals surface area contributed by atoms with Crippen molar-refractivity contribution in [2.75, 3.05) is 33.9 Å². The van der Waals surface area contributed by atoms with Crippen molar-refractivity contribution >= 4 is 45.9 Å². The van der Waals surface area contributed by atoms with Crippen LogP contribution in [-0.4, -0.2) is 59.8 Å². The largest absolute Gasteiger partial charge is 0.493 e. The number of carbonyl (C=O) groups excluding carboxylic acids is 2. The molecule has 0 saturated carbocycles. The van der Waals surface area contributed by atoms with Gasteiger partial charge in [-0.05, 0) is 49.6 Å². The number of esters is 1. The molecule has 1 atom stereocenters. The fraction of sp³-hybridized carbons (Fsp3) is 0.263. The molecule has 2 aliphatic rings. The number of hydrogen-bond donors (Lipinski definition) is 0. The summed E-state index contributed by atoms with van der Waals surface area (Å²) in [4.78, 5) is 48.8. The molecule has 0 N–H and O–H groups in total. The van der Waals surface area contributed by atoms with Gasteiger partial charge in [0.15, 0.2) is 16.3 Å². The number of likely N-dealkylation sites (tertiary alicyclic amines) is 1. The molecule has 2 aromatic heterocycles. The van der Waals surface area contributed by atoms with Crippen LogP contribution >= 0.6 is 11.3 Å². The summed E-state index contributed by atoms with van der Waals surface area (Å²) in [6, 6.07) is 21.8. The third-order valence-corrected chi connectivity index (χ3v) is 9.95. The second-order valence-electron chi connectivity index (χ2n) is 11.9. The van der Waals surface area contributed by atoms with Crippen LogP contribution in [0, 0.1) is 0 Å². The highest BCUT2D eigenvalue weighted by Gasteiger charge is 2.35. The fourth-order valence-electron chi connectivity index (χ4n) is 6.65. The van der Waals surface area contributed by atoms with E-state index in [0.29, 0.717) is 32.1 Å². The van der Waals surface area contributed by atoms with Gasteiger partial charge < -0.3 is 23.7 Å². The minimum absolute atomic E-state index is 0.0824. The zero-order valence-electron chi connectivity index (χ0n) is 27.5. The van der Waals surface area contributed by atoms with E-state index in [9.17, 15) is 14.4 Å². The van der Waals surface area contributed by atoms with Crippen LogP contribution in [0.3, 0.4) is 0 Å². The van der Waals surface area contributed by atoms with E-state index in [2.05, 4.69) is 0 Å². The van der Waals surface area contributed by atoms with Gasteiger partial charge in [0.05, 0.1) is 42.7 Å². The van der Waals surface area contributed by atoms with E-state index >= 15 is 0 Å². The molecule has 0 bridgehead atoms. The number of amides is 1. The van der Waals surface area contributed by atoms with Gasteiger partial charge in [-0.25, -0.2) is 9.79 Å². The molecule has 0 unspecified atom stereocenters. The molecule has 0 radical (unpaired) electrons. The Morgan fingerprint density at radius 1 is 0.959 bits per heavy atom. The smallest absolute Gasteiger partial charge is 0.338 e. The number of hydrogen-bond acceptors (Lipinski definition) is 8. The van der Waals surface area contributed by atoms with E-state index in [1.165, 1.54) is 11.3 Å². The zero-order chi connectivity index (χ0) is 34.1. The van der Waals surface area contributed by atoms with Crippen LogP contribution in [0.1, 0.15) is 42.5 Å². The summed E-state index contributed by atoms with van der Waals surface area (Å²) in [6.45, 7) is 3.69. The minimum atomic E-state index is -0.869. The maximum atomic E-state index is 14.5. The Labute approximate surface area is 286 Å². The van der Waals surface area contributed by atoms with Gasteiger partial charge >= 0.3 is 5.97 Å². The van der Waals surface area contributed by atoms with Crippen molar-refractivity contribution in [3.05, 3.63) is 121 Å².